The van der Waals surface area contributed by atoms with E-state index in [0.29, 0.717) is 37.8 Å². The monoisotopic (exact) mass is 402 g/mol. The first-order valence-electron chi connectivity index (χ1n) is 10.4. The van der Waals surface area contributed by atoms with Gasteiger partial charge in [0.05, 0.1) is 31.0 Å². The summed E-state index contributed by atoms with van der Waals surface area (Å²) in [6.07, 6.45) is 4.24. The highest BCUT2D eigenvalue weighted by Crippen LogP contribution is 2.52. The second-order valence-electron chi connectivity index (χ2n) is 9.45. The fourth-order valence-corrected chi connectivity index (χ4v) is 4.78. The molecule has 8 heteroatoms. The fraction of sp³-hybridized carbons (Fsp3) is 0.714. The van der Waals surface area contributed by atoms with Gasteiger partial charge in [-0.1, -0.05) is 39.8 Å². The van der Waals surface area contributed by atoms with Crippen molar-refractivity contribution in [2.24, 2.45) is 17.3 Å². The second kappa shape index (κ2) is 6.93. The van der Waals surface area contributed by atoms with E-state index in [0.717, 1.165) is 0 Å². The highest BCUT2D eigenvalue weighted by Gasteiger charge is 2.67. The molecule has 2 bridgehead atoms. The molecule has 0 aliphatic carbocycles. The molecule has 2 amide bonds. The molecule has 1 aromatic heterocycles. The first kappa shape index (κ1) is 20.1. The van der Waals surface area contributed by atoms with E-state index in [1.54, 1.807) is 4.90 Å². The van der Waals surface area contributed by atoms with Crippen LogP contribution in [0.4, 0.5) is 0 Å². The molecule has 0 saturated carbocycles. The normalized spacial score (nSPS) is 30.3. The Hall–Kier alpha value is -2.22. The van der Waals surface area contributed by atoms with Gasteiger partial charge >= 0.3 is 0 Å². The van der Waals surface area contributed by atoms with Crippen molar-refractivity contribution in [3.8, 4) is 0 Å². The lowest BCUT2D eigenvalue weighted by Crippen LogP contribution is -2.46. The van der Waals surface area contributed by atoms with Crippen molar-refractivity contribution in [3.05, 3.63) is 23.9 Å². The Morgan fingerprint density at radius 2 is 2.03 bits per heavy atom. The van der Waals surface area contributed by atoms with Crippen molar-refractivity contribution in [1.82, 2.24) is 20.0 Å². The standard InChI is InChI=1S/C21H30N4O4/c1-6-14-22-23-15(28-14)10-24(7-2)18(26)16-13-8-9-21(29-13)12-25(11-20(3,4)5)19(27)17(16)21/h8-9,13,16-17H,6-7,10-12H2,1-5H3/t13-,16?,17?,21-/m0/s1. The highest BCUT2D eigenvalue weighted by molar-refractivity contribution is 5.93. The first-order chi connectivity index (χ1) is 13.7. The van der Waals surface area contributed by atoms with E-state index in [2.05, 4.69) is 31.0 Å². The Bertz CT molecular complexity index is 842. The fourth-order valence-electron chi connectivity index (χ4n) is 4.78. The number of rotatable bonds is 6. The van der Waals surface area contributed by atoms with Gasteiger partial charge in [0.15, 0.2) is 0 Å². The average molecular weight is 402 g/mol. The predicted octanol–water partition coefficient (Wildman–Crippen LogP) is 1.81. The maximum absolute atomic E-state index is 13.5. The molecular formula is C21H30N4O4. The summed E-state index contributed by atoms with van der Waals surface area (Å²) in [6, 6.07) is 0. The predicted molar refractivity (Wildman–Crippen MR) is 105 cm³/mol. The van der Waals surface area contributed by atoms with Crippen LogP contribution < -0.4 is 0 Å². The molecule has 2 fully saturated rings. The van der Waals surface area contributed by atoms with Crippen molar-refractivity contribution >= 4 is 11.8 Å². The SMILES string of the molecule is CCc1nnc(CN(CC)C(=O)C2C3C(=O)N(CC(C)(C)C)C[C@@]34C=C[C@@H]2O4)o1. The minimum absolute atomic E-state index is 0.0173. The van der Waals surface area contributed by atoms with Gasteiger partial charge in [0.25, 0.3) is 0 Å². The highest BCUT2D eigenvalue weighted by atomic mass is 16.5. The van der Waals surface area contributed by atoms with Gasteiger partial charge < -0.3 is 19.0 Å². The van der Waals surface area contributed by atoms with Crippen molar-refractivity contribution in [1.29, 1.82) is 0 Å². The molecule has 8 nitrogen and oxygen atoms in total. The Labute approximate surface area is 171 Å². The Kier molecular flexibility index (Phi) is 4.80. The van der Waals surface area contributed by atoms with E-state index in [-0.39, 0.29) is 29.9 Å². The lowest BCUT2D eigenvalue weighted by atomic mass is 9.76. The molecule has 3 aliphatic rings. The third kappa shape index (κ3) is 3.37. The summed E-state index contributed by atoms with van der Waals surface area (Å²) in [6.45, 7) is 12.1. The molecule has 29 heavy (non-hydrogen) atoms. The van der Waals surface area contributed by atoms with Gasteiger partial charge in [-0.2, -0.15) is 0 Å². The van der Waals surface area contributed by atoms with Crippen molar-refractivity contribution < 1.29 is 18.7 Å². The van der Waals surface area contributed by atoms with Gasteiger partial charge in [0.1, 0.15) is 5.60 Å². The number of hydrogen-bond donors (Lipinski definition) is 0. The molecule has 4 rings (SSSR count). The maximum Gasteiger partial charge on any atom is 0.235 e. The molecule has 2 unspecified atom stereocenters. The van der Waals surface area contributed by atoms with E-state index >= 15 is 0 Å². The van der Waals surface area contributed by atoms with Crippen LogP contribution in [-0.2, 0) is 27.3 Å². The number of aryl methyl sites for hydroxylation is 1. The van der Waals surface area contributed by atoms with Crippen LogP contribution in [0.25, 0.3) is 0 Å². The summed E-state index contributed by atoms with van der Waals surface area (Å²) in [5, 5.41) is 8.01. The number of ether oxygens (including phenoxy) is 1. The maximum atomic E-state index is 13.5. The molecule has 4 atom stereocenters. The van der Waals surface area contributed by atoms with E-state index in [4.69, 9.17) is 9.15 Å². The summed E-state index contributed by atoms with van der Waals surface area (Å²) in [7, 11) is 0. The summed E-state index contributed by atoms with van der Waals surface area (Å²) in [4.78, 5) is 30.3. The Morgan fingerprint density at radius 1 is 1.31 bits per heavy atom. The number of likely N-dealkylation sites (tertiary alicyclic amines) is 1. The average Bonchev–Trinajstić information content (AvgIpc) is 3.39. The second-order valence-corrected chi connectivity index (χ2v) is 9.45. The van der Waals surface area contributed by atoms with Crippen LogP contribution in [0.3, 0.4) is 0 Å². The van der Waals surface area contributed by atoms with Gasteiger partial charge in [0, 0.05) is 19.5 Å². The molecular weight excluding hydrogens is 372 g/mol. The van der Waals surface area contributed by atoms with E-state index in [1.165, 1.54) is 0 Å². The number of nitrogens with zero attached hydrogens (tertiary/aromatic N) is 4. The van der Waals surface area contributed by atoms with Gasteiger partial charge in [-0.05, 0) is 12.3 Å². The summed E-state index contributed by atoms with van der Waals surface area (Å²) >= 11 is 0. The van der Waals surface area contributed by atoms with Crippen LogP contribution in [0.15, 0.2) is 16.6 Å². The molecule has 3 aliphatic heterocycles. The van der Waals surface area contributed by atoms with Gasteiger partial charge in [-0.25, -0.2) is 0 Å². The van der Waals surface area contributed by atoms with Gasteiger partial charge in [-0.15, -0.1) is 10.2 Å². The number of carbonyl (C=O) groups is 2. The summed E-state index contributed by atoms with van der Waals surface area (Å²) in [5.74, 6) is -0.0691. The Morgan fingerprint density at radius 3 is 2.66 bits per heavy atom. The zero-order chi connectivity index (χ0) is 21.0. The zero-order valence-corrected chi connectivity index (χ0v) is 17.8. The minimum atomic E-state index is -0.674. The number of carbonyl (C=O) groups excluding carboxylic acids is 2. The third-order valence-electron chi connectivity index (χ3n) is 5.96. The molecule has 158 valence electrons. The first-order valence-corrected chi connectivity index (χ1v) is 10.4. The minimum Gasteiger partial charge on any atom is -0.423 e. The molecule has 4 heterocycles. The van der Waals surface area contributed by atoms with Gasteiger partial charge in [0.2, 0.25) is 23.6 Å². The van der Waals surface area contributed by atoms with Crippen LogP contribution in [0.1, 0.15) is 46.4 Å². The molecule has 0 aromatic carbocycles. The third-order valence-corrected chi connectivity index (χ3v) is 5.96. The van der Waals surface area contributed by atoms with E-state index in [1.807, 2.05) is 30.9 Å². The number of hydrogen-bond acceptors (Lipinski definition) is 6. The van der Waals surface area contributed by atoms with Crippen molar-refractivity contribution in [2.75, 3.05) is 19.6 Å². The van der Waals surface area contributed by atoms with Crippen LogP contribution in [0.2, 0.25) is 0 Å². The van der Waals surface area contributed by atoms with E-state index in [9.17, 15) is 9.59 Å². The van der Waals surface area contributed by atoms with Crippen LogP contribution in [0.5, 0.6) is 0 Å². The van der Waals surface area contributed by atoms with Crippen LogP contribution in [-0.4, -0.2) is 63.2 Å². The number of fused-ring (bicyclic) bond motifs is 1. The lowest BCUT2D eigenvalue weighted by molar-refractivity contribution is -0.144. The van der Waals surface area contributed by atoms with Crippen molar-refractivity contribution in [3.63, 3.8) is 0 Å². The van der Waals surface area contributed by atoms with E-state index < -0.39 is 17.4 Å². The Balaban J connectivity index is 1.55. The summed E-state index contributed by atoms with van der Waals surface area (Å²) < 4.78 is 11.8. The largest absolute Gasteiger partial charge is 0.423 e. The molecule has 0 N–H and O–H groups in total. The zero-order valence-electron chi connectivity index (χ0n) is 17.8. The van der Waals surface area contributed by atoms with Crippen molar-refractivity contribution in [2.45, 2.75) is 59.3 Å². The van der Waals surface area contributed by atoms with Crippen LogP contribution in [0, 0.1) is 17.3 Å². The van der Waals surface area contributed by atoms with Gasteiger partial charge in [-0.3, -0.25) is 9.59 Å². The lowest BCUT2D eigenvalue weighted by Gasteiger charge is -2.29. The number of aromatic nitrogens is 2. The quantitative estimate of drug-likeness (QED) is 0.674. The molecule has 0 radical (unpaired) electrons. The number of amides is 2. The molecule has 2 saturated heterocycles. The smallest absolute Gasteiger partial charge is 0.235 e. The summed E-state index contributed by atoms with van der Waals surface area (Å²) in [5.41, 5.74) is -0.691. The van der Waals surface area contributed by atoms with Crippen LogP contribution >= 0.6 is 0 Å². The topological polar surface area (TPSA) is 88.8 Å². The molecule has 1 aromatic rings. The molecule has 1 spiro atoms.